The second kappa shape index (κ2) is 5.09. The van der Waals surface area contributed by atoms with Gasteiger partial charge in [0.1, 0.15) is 4.88 Å². The lowest BCUT2D eigenvalue weighted by Gasteiger charge is -2.28. The van der Waals surface area contributed by atoms with E-state index in [1.807, 2.05) is 24.3 Å². The highest BCUT2D eigenvalue weighted by atomic mass is 32.1. The van der Waals surface area contributed by atoms with E-state index < -0.39 is 5.97 Å². The van der Waals surface area contributed by atoms with Crippen molar-refractivity contribution >= 4 is 23.2 Å². The van der Waals surface area contributed by atoms with E-state index in [0.29, 0.717) is 18.0 Å². The lowest BCUT2D eigenvalue weighted by atomic mass is 9.99. The van der Waals surface area contributed by atoms with Crippen molar-refractivity contribution in [2.75, 3.05) is 6.54 Å². The van der Waals surface area contributed by atoms with Crippen LogP contribution in [-0.2, 0) is 13.0 Å². The van der Waals surface area contributed by atoms with E-state index in [1.165, 1.54) is 11.3 Å². The Morgan fingerprint density at radius 1 is 1.25 bits per heavy atom. The molecule has 1 aliphatic rings. The number of rotatable bonds is 3. The van der Waals surface area contributed by atoms with Gasteiger partial charge in [-0.1, -0.05) is 18.2 Å². The Balaban J connectivity index is 1.79. The van der Waals surface area contributed by atoms with Crippen LogP contribution in [0.4, 0.5) is 0 Å². The average molecular weight is 287 g/mol. The summed E-state index contributed by atoms with van der Waals surface area (Å²) in [5, 5.41) is 8.92. The first-order chi connectivity index (χ1) is 9.65. The van der Waals surface area contributed by atoms with Gasteiger partial charge in [0.15, 0.2) is 0 Å². The normalized spacial score (nSPS) is 14.2. The molecule has 2 heterocycles. The van der Waals surface area contributed by atoms with E-state index in [2.05, 4.69) is 0 Å². The molecule has 0 fully saturated rings. The number of carbonyl (C=O) groups excluding carboxylic acids is 1. The first-order valence-electron chi connectivity index (χ1n) is 6.34. The summed E-state index contributed by atoms with van der Waals surface area (Å²) in [4.78, 5) is 26.2. The van der Waals surface area contributed by atoms with Crippen LogP contribution in [0.5, 0.6) is 0 Å². The maximum absolute atomic E-state index is 12.4. The quantitative estimate of drug-likeness (QED) is 0.944. The minimum Gasteiger partial charge on any atom is -0.477 e. The molecule has 0 aliphatic carbocycles. The number of aromatic carboxylic acids is 1. The second-order valence-corrected chi connectivity index (χ2v) is 5.87. The number of nitrogens with zero attached hydrogens (tertiary/aromatic N) is 1. The van der Waals surface area contributed by atoms with Gasteiger partial charge in [-0.05, 0) is 30.2 Å². The van der Waals surface area contributed by atoms with Crippen LogP contribution in [0.25, 0.3) is 0 Å². The summed E-state index contributed by atoms with van der Waals surface area (Å²) in [6.07, 6.45) is 0.846. The molecule has 0 bridgehead atoms. The van der Waals surface area contributed by atoms with Crippen LogP contribution >= 0.6 is 11.3 Å². The van der Waals surface area contributed by atoms with E-state index in [1.54, 1.807) is 17.0 Å². The Kier molecular flexibility index (Phi) is 3.28. The summed E-state index contributed by atoms with van der Waals surface area (Å²) < 4.78 is 0. The van der Waals surface area contributed by atoms with Gasteiger partial charge >= 0.3 is 5.97 Å². The number of carboxylic acid groups (broad SMARTS) is 1. The standard InChI is InChI=1S/C15H13NO3S/c17-14-12-4-2-1-3-10(12)7-8-16(14)9-11-5-6-13(20-11)15(18)19/h1-6H,7-9H2,(H,18,19). The molecule has 1 aromatic heterocycles. The Bertz CT molecular complexity index is 677. The van der Waals surface area contributed by atoms with Crippen molar-refractivity contribution in [1.82, 2.24) is 4.90 Å². The first kappa shape index (κ1) is 12.9. The molecule has 2 aromatic rings. The van der Waals surface area contributed by atoms with E-state index in [4.69, 9.17) is 5.11 Å². The van der Waals surface area contributed by atoms with E-state index in [-0.39, 0.29) is 5.91 Å². The smallest absolute Gasteiger partial charge is 0.345 e. The number of fused-ring (bicyclic) bond motifs is 1. The van der Waals surface area contributed by atoms with E-state index in [9.17, 15) is 9.59 Å². The maximum Gasteiger partial charge on any atom is 0.345 e. The fourth-order valence-corrected chi connectivity index (χ4v) is 3.25. The summed E-state index contributed by atoms with van der Waals surface area (Å²) in [5.74, 6) is -0.895. The number of carbonyl (C=O) groups is 2. The third-order valence-corrected chi connectivity index (χ3v) is 4.46. The zero-order chi connectivity index (χ0) is 14.1. The molecule has 0 atom stereocenters. The Hall–Kier alpha value is -2.14. The fourth-order valence-electron chi connectivity index (χ4n) is 2.39. The molecule has 0 saturated heterocycles. The van der Waals surface area contributed by atoms with Crippen molar-refractivity contribution in [1.29, 1.82) is 0 Å². The largest absolute Gasteiger partial charge is 0.477 e. The van der Waals surface area contributed by atoms with Crippen LogP contribution in [-0.4, -0.2) is 28.4 Å². The molecule has 1 N–H and O–H groups in total. The summed E-state index contributed by atoms with van der Waals surface area (Å²) >= 11 is 1.22. The predicted octanol–water partition coefficient (Wildman–Crippen LogP) is 2.64. The Labute approximate surface area is 120 Å². The lowest BCUT2D eigenvalue weighted by molar-refractivity contribution is 0.0700. The number of thiophene rings is 1. The highest BCUT2D eigenvalue weighted by Gasteiger charge is 2.24. The topological polar surface area (TPSA) is 57.6 Å². The molecule has 0 unspecified atom stereocenters. The summed E-state index contributed by atoms with van der Waals surface area (Å²) in [7, 11) is 0. The van der Waals surface area contributed by atoms with Crippen molar-refractivity contribution in [3.8, 4) is 0 Å². The zero-order valence-electron chi connectivity index (χ0n) is 10.7. The van der Waals surface area contributed by atoms with Crippen molar-refractivity contribution in [2.45, 2.75) is 13.0 Å². The number of hydrogen-bond acceptors (Lipinski definition) is 3. The van der Waals surface area contributed by atoms with Crippen LogP contribution in [0.3, 0.4) is 0 Å². The third-order valence-electron chi connectivity index (χ3n) is 3.41. The summed E-state index contributed by atoms with van der Waals surface area (Å²) in [6, 6.07) is 11.0. The molecule has 0 spiro atoms. The fraction of sp³-hybridized carbons (Fsp3) is 0.200. The van der Waals surface area contributed by atoms with Gasteiger partial charge < -0.3 is 10.0 Å². The Morgan fingerprint density at radius 3 is 2.80 bits per heavy atom. The Morgan fingerprint density at radius 2 is 2.05 bits per heavy atom. The monoisotopic (exact) mass is 287 g/mol. The van der Waals surface area contributed by atoms with Crippen molar-refractivity contribution in [3.05, 3.63) is 57.3 Å². The van der Waals surface area contributed by atoms with E-state index >= 15 is 0 Å². The zero-order valence-corrected chi connectivity index (χ0v) is 11.5. The van der Waals surface area contributed by atoms with Gasteiger partial charge in [0.05, 0.1) is 6.54 Å². The molecule has 1 aromatic carbocycles. The van der Waals surface area contributed by atoms with Gasteiger partial charge in [-0.3, -0.25) is 4.79 Å². The predicted molar refractivity (Wildman–Crippen MR) is 76.2 cm³/mol. The number of benzene rings is 1. The van der Waals surface area contributed by atoms with Gasteiger partial charge in [-0.2, -0.15) is 0 Å². The molecule has 5 heteroatoms. The van der Waals surface area contributed by atoms with Gasteiger partial charge in [-0.15, -0.1) is 11.3 Å². The average Bonchev–Trinajstić information content (AvgIpc) is 2.91. The van der Waals surface area contributed by atoms with Crippen LogP contribution in [0.2, 0.25) is 0 Å². The molecule has 0 radical (unpaired) electrons. The summed E-state index contributed by atoms with van der Waals surface area (Å²) in [6.45, 7) is 1.15. The number of hydrogen-bond donors (Lipinski definition) is 1. The van der Waals surface area contributed by atoms with Crippen molar-refractivity contribution < 1.29 is 14.7 Å². The molecule has 20 heavy (non-hydrogen) atoms. The van der Waals surface area contributed by atoms with Crippen molar-refractivity contribution in [2.24, 2.45) is 0 Å². The summed E-state index contributed by atoms with van der Waals surface area (Å²) in [5.41, 5.74) is 1.85. The highest BCUT2D eigenvalue weighted by molar-refractivity contribution is 7.13. The third kappa shape index (κ3) is 2.32. The van der Waals surface area contributed by atoms with Gasteiger partial charge in [0, 0.05) is 17.0 Å². The van der Waals surface area contributed by atoms with Gasteiger partial charge in [-0.25, -0.2) is 4.79 Å². The van der Waals surface area contributed by atoms with Crippen molar-refractivity contribution in [3.63, 3.8) is 0 Å². The van der Waals surface area contributed by atoms with Gasteiger partial charge in [0.25, 0.3) is 5.91 Å². The first-order valence-corrected chi connectivity index (χ1v) is 7.16. The molecule has 4 nitrogen and oxygen atoms in total. The lowest BCUT2D eigenvalue weighted by Crippen LogP contribution is -2.36. The van der Waals surface area contributed by atoms with Gasteiger partial charge in [0.2, 0.25) is 0 Å². The van der Waals surface area contributed by atoms with E-state index in [0.717, 1.165) is 22.4 Å². The molecule has 0 saturated carbocycles. The van der Waals surface area contributed by atoms with Crippen LogP contribution in [0.1, 0.15) is 30.5 Å². The maximum atomic E-state index is 12.4. The van der Waals surface area contributed by atoms with Crippen LogP contribution in [0.15, 0.2) is 36.4 Å². The number of amides is 1. The molecule has 102 valence electrons. The molecule has 3 rings (SSSR count). The number of carboxylic acids is 1. The molecule has 1 amide bonds. The highest BCUT2D eigenvalue weighted by Crippen LogP contribution is 2.23. The minimum absolute atomic E-state index is 0.0251. The molecular formula is C15H13NO3S. The van der Waals surface area contributed by atoms with Crippen LogP contribution in [0, 0.1) is 0 Å². The second-order valence-electron chi connectivity index (χ2n) is 4.70. The molecule has 1 aliphatic heterocycles. The minimum atomic E-state index is -0.920. The molecular weight excluding hydrogens is 274 g/mol. The SMILES string of the molecule is O=C(O)c1ccc(CN2CCc3ccccc3C2=O)s1. The van der Waals surface area contributed by atoms with Crippen LogP contribution < -0.4 is 0 Å².